The molecule has 1 aliphatic heterocycles. The summed E-state index contributed by atoms with van der Waals surface area (Å²) in [6, 6.07) is 6.57. The Morgan fingerprint density at radius 1 is 1.27 bits per heavy atom. The number of benzene rings is 1. The van der Waals surface area contributed by atoms with Gasteiger partial charge in [-0.25, -0.2) is 0 Å². The van der Waals surface area contributed by atoms with Crippen molar-refractivity contribution >= 4 is 27.7 Å². The summed E-state index contributed by atoms with van der Waals surface area (Å²) in [5, 5.41) is 2.13. The zero-order valence-electron chi connectivity index (χ0n) is 6.20. The van der Waals surface area contributed by atoms with Crippen molar-refractivity contribution in [2.75, 3.05) is 0 Å². The van der Waals surface area contributed by atoms with Crippen molar-refractivity contribution < 1.29 is 0 Å². The van der Waals surface area contributed by atoms with E-state index in [9.17, 15) is 0 Å². The lowest BCUT2D eigenvalue weighted by molar-refractivity contribution is 1.36. The van der Waals surface area contributed by atoms with Crippen molar-refractivity contribution in [1.29, 1.82) is 0 Å². The van der Waals surface area contributed by atoms with E-state index in [2.05, 4.69) is 36.6 Å². The molecule has 0 aliphatic carbocycles. The molecule has 1 aromatic carbocycles. The quantitative estimate of drug-likeness (QED) is 0.558. The van der Waals surface area contributed by atoms with Crippen LogP contribution in [0.5, 0.6) is 0 Å². The molecule has 0 unspecified atom stereocenters. The van der Waals surface area contributed by atoms with Crippen LogP contribution < -0.4 is 0 Å². The van der Waals surface area contributed by atoms with Gasteiger partial charge in [-0.2, -0.15) is 0 Å². The zero-order valence-corrected chi connectivity index (χ0v) is 7.84. The topological polar surface area (TPSA) is 0 Å². The lowest BCUT2D eigenvalue weighted by Gasteiger charge is -2.08. The molecule has 2 heteroatoms. The lowest BCUT2D eigenvalue weighted by atomic mass is 10.1. The van der Waals surface area contributed by atoms with E-state index >= 15 is 0 Å². The molecule has 0 saturated carbocycles. The molecule has 0 atom stereocenters. The van der Waals surface area contributed by atoms with Gasteiger partial charge in [-0.3, -0.25) is 0 Å². The van der Waals surface area contributed by atoms with Crippen molar-refractivity contribution in [3.05, 3.63) is 34.7 Å². The highest BCUT2D eigenvalue weighted by atomic mass is 33.1. The van der Waals surface area contributed by atoms with E-state index in [1.54, 1.807) is 10.8 Å². The fraction of sp³-hybridized carbons (Fsp3) is 0.111. The summed E-state index contributed by atoms with van der Waals surface area (Å²) in [5.74, 6) is 0. The van der Waals surface area contributed by atoms with Gasteiger partial charge in [-0.1, -0.05) is 39.3 Å². The minimum absolute atomic E-state index is 1.33. The molecule has 1 aromatic rings. The first-order chi connectivity index (χ1) is 5.36. The molecular weight excluding hydrogens is 172 g/mol. The van der Waals surface area contributed by atoms with E-state index in [-0.39, 0.29) is 0 Å². The summed E-state index contributed by atoms with van der Waals surface area (Å²) in [4.78, 5) is 1.38. The highest BCUT2D eigenvalue weighted by Gasteiger charge is 2.03. The largest absolute Gasteiger partial charge is 0.0605 e. The Balaban J connectivity index is 2.54. The smallest absolute Gasteiger partial charge is 0.0258 e. The number of aryl methyl sites for hydroxylation is 1. The molecule has 0 saturated heterocycles. The molecule has 0 spiro atoms. The van der Waals surface area contributed by atoms with Gasteiger partial charge in [-0.15, -0.1) is 0 Å². The van der Waals surface area contributed by atoms with Gasteiger partial charge in [0, 0.05) is 4.90 Å². The van der Waals surface area contributed by atoms with Crippen LogP contribution in [0.3, 0.4) is 0 Å². The molecule has 56 valence electrons. The van der Waals surface area contributed by atoms with Crippen molar-refractivity contribution in [1.82, 2.24) is 0 Å². The maximum absolute atomic E-state index is 2.22. The molecule has 11 heavy (non-hydrogen) atoms. The Kier molecular flexibility index (Phi) is 1.96. The minimum atomic E-state index is 1.33. The fourth-order valence-corrected chi connectivity index (χ4v) is 2.86. The first-order valence-corrected chi connectivity index (χ1v) is 5.68. The first-order valence-electron chi connectivity index (χ1n) is 3.47. The van der Waals surface area contributed by atoms with E-state index < -0.39 is 0 Å². The zero-order chi connectivity index (χ0) is 7.68. The summed E-state index contributed by atoms with van der Waals surface area (Å²) in [7, 11) is 3.61. The lowest BCUT2D eigenvalue weighted by Crippen LogP contribution is -1.82. The van der Waals surface area contributed by atoms with E-state index in [0.717, 1.165) is 0 Å². The standard InChI is InChI=1S/C9H8S2/c1-7-2-3-9-8(6-7)4-5-10-11-9/h2-6H,1H3. The van der Waals surface area contributed by atoms with Gasteiger partial charge in [0.25, 0.3) is 0 Å². The second kappa shape index (κ2) is 2.95. The molecule has 1 aliphatic rings. The Morgan fingerprint density at radius 2 is 2.18 bits per heavy atom. The maximum Gasteiger partial charge on any atom is 0.0258 e. The molecule has 0 nitrogen and oxygen atoms in total. The predicted octanol–water partition coefficient (Wildman–Crippen LogP) is 3.72. The molecule has 0 amide bonds. The highest BCUT2D eigenvalue weighted by Crippen LogP contribution is 2.39. The van der Waals surface area contributed by atoms with Crippen LogP contribution in [0.2, 0.25) is 0 Å². The third-order valence-electron chi connectivity index (χ3n) is 1.61. The van der Waals surface area contributed by atoms with Crippen LogP contribution in [0.15, 0.2) is 28.5 Å². The van der Waals surface area contributed by atoms with Crippen LogP contribution in [-0.2, 0) is 0 Å². The van der Waals surface area contributed by atoms with E-state index in [1.807, 2.05) is 10.8 Å². The van der Waals surface area contributed by atoms with Gasteiger partial charge in [0.2, 0.25) is 0 Å². The first kappa shape index (κ1) is 7.32. The predicted molar refractivity (Wildman–Crippen MR) is 53.7 cm³/mol. The summed E-state index contributed by atoms with van der Waals surface area (Å²) in [6.45, 7) is 2.13. The van der Waals surface area contributed by atoms with E-state index in [4.69, 9.17) is 0 Å². The average Bonchev–Trinajstić information content (AvgIpc) is 2.04. The highest BCUT2D eigenvalue weighted by molar-refractivity contribution is 8.78. The molecule has 2 rings (SSSR count). The van der Waals surface area contributed by atoms with Crippen molar-refractivity contribution in [2.24, 2.45) is 0 Å². The van der Waals surface area contributed by atoms with E-state index in [0.29, 0.717) is 0 Å². The summed E-state index contributed by atoms with van der Waals surface area (Å²) in [5.41, 5.74) is 2.69. The Labute approximate surface area is 74.5 Å². The summed E-state index contributed by atoms with van der Waals surface area (Å²) >= 11 is 0. The van der Waals surface area contributed by atoms with Gasteiger partial charge in [0.05, 0.1) is 0 Å². The number of hydrogen-bond donors (Lipinski definition) is 0. The van der Waals surface area contributed by atoms with Gasteiger partial charge in [0.15, 0.2) is 0 Å². The number of rotatable bonds is 0. The Morgan fingerprint density at radius 3 is 3.09 bits per heavy atom. The van der Waals surface area contributed by atoms with E-state index in [1.165, 1.54) is 16.0 Å². The third kappa shape index (κ3) is 1.47. The molecule has 0 aromatic heterocycles. The summed E-state index contributed by atoms with van der Waals surface area (Å²) in [6.07, 6.45) is 2.17. The van der Waals surface area contributed by atoms with Gasteiger partial charge >= 0.3 is 0 Å². The van der Waals surface area contributed by atoms with Crippen molar-refractivity contribution in [3.8, 4) is 0 Å². The van der Waals surface area contributed by atoms with Gasteiger partial charge in [-0.05, 0) is 30.0 Å². The normalized spacial score (nSPS) is 14.6. The van der Waals surface area contributed by atoms with Crippen molar-refractivity contribution in [3.63, 3.8) is 0 Å². The van der Waals surface area contributed by atoms with Crippen LogP contribution in [-0.4, -0.2) is 0 Å². The molecule has 0 bridgehead atoms. The minimum Gasteiger partial charge on any atom is -0.0605 e. The van der Waals surface area contributed by atoms with Crippen LogP contribution in [0.4, 0.5) is 0 Å². The fourth-order valence-electron chi connectivity index (χ4n) is 1.05. The molecule has 0 fully saturated rings. The Hall–Kier alpha value is -0.340. The van der Waals surface area contributed by atoms with Crippen LogP contribution in [0.1, 0.15) is 11.1 Å². The SMILES string of the molecule is Cc1ccc2c(c1)C=CSS2. The Bertz CT molecular complexity index is 302. The number of hydrogen-bond acceptors (Lipinski definition) is 2. The van der Waals surface area contributed by atoms with Gasteiger partial charge < -0.3 is 0 Å². The monoisotopic (exact) mass is 180 g/mol. The van der Waals surface area contributed by atoms with Gasteiger partial charge in [0.1, 0.15) is 0 Å². The second-order valence-corrected chi connectivity index (χ2v) is 4.67. The van der Waals surface area contributed by atoms with Crippen molar-refractivity contribution in [2.45, 2.75) is 11.8 Å². The second-order valence-electron chi connectivity index (χ2n) is 2.52. The molecule has 0 N–H and O–H groups in total. The molecular formula is C9H8S2. The third-order valence-corrected chi connectivity index (χ3v) is 3.66. The van der Waals surface area contributed by atoms with Crippen LogP contribution in [0.25, 0.3) is 6.08 Å². The summed E-state index contributed by atoms with van der Waals surface area (Å²) < 4.78 is 0. The van der Waals surface area contributed by atoms with Crippen LogP contribution >= 0.6 is 21.6 Å². The molecule has 1 heterocycles. The average molecular weight is 180 g/mol. The molecule has 0 radical (unpaired) electrons. The number of fused-ring (bicyclic) bond motifs is 1. The maximum atomic E-state index is 2.22. The van der Waals surface area contributed by atoms with Crippen LogP contribution in [0, 0.1) is 6.92 Å².